The number of hydrogen-bond acceptors (Lipinski definition) is 9. The first-order valence-electron chi connectivity index (χ1n) is 10.1. The van der Waals surface area contributed by atoms with Crippen LogP contribution in [0, 0.1) is 0 Å². The molecule has 5 N–H and O–H groups in total. The molecule has 0 amide bonds. The molecule has 33 heavy (non-hydrogen) atoms. The number of aliphatic hydroxyl groups is 1. The second-order valence-corrected chi connectivity index (χ2v) is 8.39. The molecular weight excluding hydrogens is 438 g/mol. The summed E-state index contributed by atoms with van der Waals surface area (Å²) in [6.45, 7) is 0. The molecule has 0 saturated carbocycles. The minimum atomic E-state index is -0.907. The normalized spacial score (nSPS) is 12.3. The zero-order valence-electron chi connectivity index (χ0n) is 17.0. The molecule has 6 rings (SSSR count). The minimum absolute atomic E-state index is 0.647. The molecule has 2 aromatic carbocycles. The van der Waals surface area contributed by atoms with Crippen LogP contribution in [0.3, 0.4) is 0 Å². The number of aromatic nitrogens is 7. The Balaban J connectivity index is 1.22. The fourth-order valence-electron chi connectivity index (χ4n) is 3.58. The van der Waals surface area contributed by atoms with Crippen molar-refractivity contribution in [1.29, 1.82) is 0 Å². The van der Waals surface area contributed by atoms with Gasteiger partial charge in [-0.15, -0.1) is 10.2 Å². The van der Waals surface area contributed by atoms with Crippen LogP contribution < -0.4 is 10.6 Å². The zero-order valence-corrected chi connectivity index (χ0v) is 17.8. The van der Waals surface area contributed by atoms with Gasteiger partial charge in [0.1, 0.15) is 5.01 Å². The number of anilines is 3. The lowest BCUT2D eigenvalue weighted by Gasteiger charge is -2.11. The molecule has 6 aromatic rings. The summed E-state index contributed by atoms with van der Waals surface area (Å²) in [6.07, 6.45) is 3.99. The molecule has 1 atom stereocenters. The van der Waals surface area contributed by atoms with Crippen LogP contribution in [0.5, 0.6) is 0 Å². The van der Waals surface area contributed by atoms with Gasteiger partial charge in [0.25, 0.3) is 0 Å². The van der Waals surface area contributed by atoms with Gasteiger partial charge in [-0.3, -0.25) is 5.10 Å². The summed E-state index contributed by atoms with van der Waals surface area (Å²) in [7, 11) is 0. The number of fused-ring (bicyclic) bond motifs is 2. The molecule has 0 bridgehead atoms. The topological polar surface area (TPSA) is 140 Å². The Kier molecular flexibility index (Phi) is 4.67. The maximum atomic E-state index is 10.5. The third-order valence-corrected chi connectivity index (χ3v) is 6.08. The smallest absolute Gasteiger partial charge is 0.210 e. The SMILES string of the molecule is OC(Nc1ccnnc1)c1cc2ccc(-c3nnc(Nc4ccc5[nH]ncc5c4)s3)cc2[nH]1. The van der Waals surface area contributed by atoms with Crippen molar-refractivity contribution in [2.45, 2.75) is 6.23 Å². The van der Waals surface area contributed by atoms with Crippen molar-refractivity contribution in [3.8, 4) is 10.6 Å². The van der Waals surface area contributed by atoms with Gasteiger partial charge in [-0.25, -0.2) is 0 Å². The van der Waals surface area contributed by atoms with Crippen molar-refractivity contribution in [3.63, 3.8) is 0 Å². The summed E-state index contributed by atoms with van der Waals surface area (Å²) in [5.41, 5.74) is 5.06. The molecule has 0 aliphatic heterocycles. The number of rotatable bonds is 6. The lowest BCUT2D eigenvalue weighted by molar-refractivity contribution is 0.204. The predicted octanol–water partition coefficient (Wildman–Crippen LogP) is 4.20. The fourth-order valence-corrected chi connectivity index (χ4v) is 4.34. The number of H-pyrrole nitrogens is 2. The first-order chi connectivity index (χ1) is 16.2. The highest BCUT2D eigenvalue weighted by molar-refractivity contribution is 7.18. The Labute approximate surface area is 190 Å². The maximum Gasteiger partial charge on any atom is 0.210 e. The molecule has 0 aliphatic carbocycles. The Hall–Kier alpha value is -4.35. The Bertz CT molecular complexity index is 1560. The molecular formula is C22H17N9OS. The lowest BCUT2D eigenvalue weighted by atomic mass is 10.2. The van der Waals surface area contributed by atoms with E-state index in [1.807, 2.05) is 42.5 Å². The van der Waals surface area contributed by atoms with Crippen LogP contribution in [0.25, 0.3) is 32.4 Å². The number of nitrogens with zero attached hydrogens (tertiary/aromatic N) is 5. The predicted molar refractivity (Wildman–Crippen MR) is 127 cm³/mol. The van der Waals surface area contributed by atoms with Gasteiger partial charge in [0, 0.05) is 22.2 Å². The van der Waals surface area contributed by atoms with Crippen LogP contribution >= 0.6 is 11.3 Å². The van der Waals surface area contributed by atoms with Crippen molar-refractivity contribution in [1.82, 2.24) is 35.6 Å². The molecule has 4 heterocycles. The van der Waals surface area contributed by atoms with E-state index in [4.69, 9.17) is 0 Å². The van der Waals surface area contributed by atoms with Gasteiger partial charge >= 0.3 is 0 Å². The number of nitrogens with one attached hydrogen (secondary N) is 4. The van der Waals surface area contributed by atoms with Crippen LogP contribution in [-0.4, -0.2) is 40.7 Å². The number of aromatic amines is 2. The maximum absolute atomic E-state index is 10.5. The van der Waals surface area contributed by atoms with Gasteiger partial charge in [0.05, 0.1) is 35.5 Å². The molecule has 0 fully saturated rings. The first kappa shape index (κ1) is 19.3. The van der Waals surface area contributed by atoms with Crippen LogP contribution in [0.15, 0.2) is 67.1 Å². The highest BCUT2D eigenvalue weighted by atomic mass is 32.1. The van der Waals surface area contributed by atoms with Gasteiger partial charge in [0.2, 0.25) is 5.13 Å². The van der Waals surface area contributed by atoms with E-state index in [0.717, 1.165) is 38.1 Å². The second kappa shape index (κ2) is 7.97. The van der Waals surface area contributed by atoms with E-state index in [2.05, 4.69) is 46.2 Å². The summed E-state index contributed by atoms with van der Waals surface area (Å²) < 4.78 is 0. The molecule has 0 spiro atoms. The minimum Gasteiger partial charge on any atom is -0.368 e. The number of benzene rings is 2. The number of aliphatic hydroxyl groups excluding tert-OH is 1. The third-order valence-electron chi connectivity index (χ3n) is 5.19. The molecule has 10 nitrogen and oxygen atoms in total. The first-order valence-corrected chi connectivity index (χ1v) is 10.9. The zero-order chi connectivity index (χ0) is 22.2. The molecule has 4 aromatic heterocycles. The Morgan fingerprint density at radius 3 is 2.76 bits per heavy atom. The highest BCUT2D eigenvalue weighted by Gasteiger charge is 2.13. The molecule has 162 valence electrons. The third kappa shape index (κ3) is 3.86. The van der Waals surface area contributed by atoms with Gasteiger partial charge < -0.3 is 20.7 Å². The van der Waals surface area contributed by atoms with E-state index in [1.54, 1.807) is 24.7 Å². The molecule has 0 aliphatic rings. The van der Waals surface area contributed by atoms with Gasteiger partial charge in [-0.1, -0.05) is 23.5 Å². The highest BCUT2D eigenvalue weighted by Crippen LogP contribution is 2.31. The van der Waals surface area contributed by atoms with E-state index in [-0.39, 0.29) is 0 Å². The standard InChI is InChI=1S/C22H17N9OS/c32-20(26-16-5-6-23-24-11-16)19-8-12-1-2-13(9-18(12)28-19)21-30-31-22(33-21)27-15-3-4-17-14(7-15)10-25-29-17/h1-11,20,28,32H,(H,23,26)(H,25,29)(H,27,31). The van der Waals surface area contributed by atoms with Crippen molar-refractivity contribution < 1.29 is 5.11 Å². The van der Waals surface area contributed by atoms with Crippen LogP contribution in [-0.2, 0) is 0 Å². The van der Waals surface area contributed by atoms with Gasteiger partial charge in [-0.05, 0) is 41.8 Å². The van der Waals surface area contributed by atoms with Crippen LogP contribution in [0.1, 0.15) is 11.9 Å². The van der Waals surface area contributed by atoms with E-state index in [0.29, 0.717) is 16.5 Å². The summed E-state index contributed by atoms with van der Waals surface area (Å²) in [4.78, 5) is 3.27. The van der Waals surface area contributed by atoms with Gasteiger partial charge in [-0.2, -0.15) is 15.3 Å². The molecule has 0 saturated heterocycles. The fraction of sp³-hybridized carbons (Fsp3) is 0.0455. The Morgan fingerprint density at radius 1 is 0.879 bits per heavy atom. The molecule has 11 heteroatoms. The molecule has 1 unspecified atom stereocenters. The van der Waals surface area contributed by atoms with Crippen molar-refractivity contribution in [3.05, 3.63) is 72.8 Å². The summed E-state index contributed by atoms with van der Waals surface area (Å²) in [6, 6.07) is 15.6. The van der Waals surface area contributed by atoms with Crippen molar-refractivity contribution >= 4 is 49.6 Å². The largest absolute Gasteiger partial charge is 0.368 e. The lowest BCUT2D eigenvalue weighted by Crippen LogP contribution is -2.10. The average molecular weight is 456 g/mol. The van der Waals surface area contributed by atoms with Crippen LogP contribution in [0.4, 0.5) is 16.5 Å². The van der Waals surface area contributed by atoms with E-state index < -0.39 is 6.23 Å². The van der Waals surface area contributed by atoms with Crippen molar-refractivity contribution in [2.24, 2.45) is 0 Å². The van der Waals surface area contributed by atoms with E-state index in [1.165, 1.54) is 11.3 Å². The van der Waals surface area contributed by atoms with Gasteiger partial charge in [0.15, 0.2) is 6.23 Å². The monoisotopic (exact) mass is 455 g/mol. The summed E-state index contributed by atoms with van der Waals surface area (Å²) >= 11 is 1.47. The summed E-state index contributed by atoms with van der Waals surface area (Å²) in [5, 5.41) is 43.5. The number of hydrogen-bond donors (Lipinski definition) is 5. The Morgan fingerprint density at radius 2 is 1.85 bits per heavy atom. The quantitative estimate of drug-likeness (QED) is 0.235. The van der Waals surface area contributed by atoms with Crippen LogP contribution in [0.2, 0.25) is 0 Å². The van der Waals surface area contributed by atoms with E-state index in [9.17, 15) is 5.11 Å². The van der Waals surface area contributed by atoms with E-state index >= 15 is 0 Å². The summed E-state index contributed by atoms with van der Waals surface area (Å²) in [5.74, 6) is 0. The molecule has 0 radical (unpaired) electrons. The van der Waals surface area contributed by atoms with Crippen molar-refractivity contribution in [2.75, 3.05) is 10.6 Å². The average Bonchev–Trinajstić information content (AvgIpc) is 3.58. The second-order valence-electron chi connectivity index (χ2n) is 7.41.